The number of hydrogen-bond acceptors (Lipinski definition) is 7. The van der Waals surface area contributed by atoms with E-state index in [0.29, 0.717) is 24.6 Å². The first-order valence-electron chi connectivity index (χ1n) is 6.12. The topological polar surface area (TPSA) is 146 Å². The summed E-state index contributed by atoms with van der Waals surface area (Å²) in [5.74, 6) is -0.589. The largest absolute Gasteiger partial charge is 0.397 e. The maximum Gasteiger partial charge on any atom is 0.260 e. The summed E-state index contributed by atoms with van der Waals surface area (Å²) >= 11 is 1.07. The Bertz CT molecular complexity index is 735. The van der Waals surface area contributed by atoms with E-state index in [1.807, 2.05) is 9.47 Å². The molecule has 10 heteroatoms. The number of primary amides is 2. The maximum absolute atomic E-state index is 11.7. The molecule has 2 aromatic rings. The summed E-state index contributed by atoms with van der Waals surface area (Å²) in [7, 11) is 0. The summed E-state index contributed by atoms with van der Waals surface area (Å²) in [6, 6.07) is 0. The molecule has 2 aromatic heterocycles. The smallest absolute Gasteiger partial charge is 0.260 e. The van der Waals surface area contributed by atoms with E-state index in [2.05, 4.69) is 10.2 Å². The molecule has 9 nitrogen and oxygen atoms in total. The molecule has 2 amide bonds. The maximum atomic E-state index is 11.7. The summed E-state index contributed by atoms with van der Waals surface area (Å²) in [4.78, 5) is 25.1. The number of anilines is 2. The fourth-order valence-electron chi connectivity index (χ4n) is 2.31. The van der Waals surface area contributed by atoms with E-state index in [1.165, 1.54) is 0 Å². The number of hydrogen-bond donors (Lipinski definition) is 3. The highest BCUT2D eigenvalue weighted by Crippen LogP contribution is 2.39. The molecular formula is C11H13N7O2S. The van der Waals surface area contributed by atoms with Gasteiger partial charge in [-0.1, -0.05) is 0 Å². The molecule has 1 aliphatic heterocycles. The molecule has 0 spiro atoms. The number of nitrogens with zero attached hydrogens (tertiary/aromatic N) is 4. The van der Waals surface area contributed by atoms with Crippen LogP contribution in [0.25, 0.3) is 0 Å². The van der Waals surface area contributed by atoms with Crippen molar-refractivity contribution in [3.05, 3.63) is 22.6 Å². The summed E-state index contributed by atoms with van der Waals surface area (Å²) in [6.45, 7) is 1.76. The standard InChI is InChI=1S/C11H13N7O2S/c12-7-6(9(13)19)11(21-8(7)10(14)20)17-1-2-18-4-15-16-5(18)3-17/h4H,1-3,12H2,(H2,13,19)(H2,14,20). The zero-order valence-corrected chi connectivity index (χ0v) is 11.8. The van der Waals surface area contributed by atoms with Gasteiger partial charge in [0.15, 0.2) is 5.82 Å². The second-order valence-electron chi connectivity index (χ2n) is 4.62. The molecule has 0 fully saturated rings. The normalized spacial score (nSPS) is 14.0. The number of rotatable bonds is 3. The van der Waals surface area contributed by atoms with Crippen LogP contribution in [0.15, 0.2) is 6.33 Å². The minimum atomic E-state index is -0.682. The number of fused-ring (bicyclic) bond motifs is 1. The third kappa shape index (κ3) is 2.09. The molecule has 21 heavy (non-hydrogen) atoms. The van der Waals surface area contributed by atoms with Gasteiger partial charge in [0.2, 0.25) is 0 Å². The van der Waals surface area contributed by atoms with Crippen LogP contribution in [0.4, 0.5) is 10.7 Å². The van der Waals surface area contributed by atoms with Crippen LogP contribution in [0.3, 0.4) is 0 Å². The van der Waals surface area contributed by atoms with E-state index in [4.69, 9.17) is 17.2 Å². The minimum absolute atomic E-state index is 0.0436. The van der Waals surface area contributed by atoms with Gasteiger partial charge in [-0.05, 0) is 0 Å². The third-order valence-electron chi connectivity index (χ3n) is 3.32. The van der Waals surface area contributed by atoms with Crippen molar-refractivity contribution in [2.45, 2.75) is 13.1 Å². The van der Waals surface area contributed by atoms with E-state index in [-0.39, 0.29) is 16.1 Å². The molecule has 1 aliphatic rings. The Balaban J connectivity index is 2.05. The van der Waals surface area contributed by atoms with E-state index < -0.39 is 11.8 Å². The van der Waals surface area contributed by atoms with E-state index in [9.17, 15) is 9.59 Å². The van der Waals surface area contributed by atoms with Crippen LogP contribution < -0.4 is 22.1 Å². The summed E-state index contributed by atoms with van der Waals surface area (Å²) in [5, 5.41) is 8.39. The number of carbonyl (C=O) groups excluding carboxylic acids is 2. The fourth-order valence-corrected chi connectivity index (χ4v) is 3.42. The molecule has 0 unspecified atom stereocenters. The molecule has 0 saturated heterocycles. The van der Waals surface area contributed by atoms with Gasteiger partial charge in [-0.3, -0.25) is 9.59 Å². The van der Waals surface area contributed by atoms with Crippen molar-refractivity contribution >= 4 is 33.8 Å². The number of thiophene rings is 1. The van der Waals surface area contributed by atoms with E-state index in [0.717, 1.165) is 17.2 Å². The third-order valence-corrected chi connectivity index (χ3v) is 4.60. The molecule has 0 bridgehead atoms. The van der Waals surface area contributed by atoms with Gasteiger partial charge in [0.25, 0.3) is 11.8 Å². The van der Waals surface area contributed by atoms with Gasteiger partial charge in [0.05, 0.1) is 17.8 Å². The summed E-state index contributed by atoms with van der Waals surface area (Å²) < 4.78 is 1.92. The molecule has 0 aromatic carbocycles. The van der Waals surface area contributed by atoms with Crippen LogP contribution in [-0.4, -0.2) is 33.1 Å². The predicted molar refractivity (Wildman–Crippen MR) is 76.8 cm³/mol. The highest BCUT2D eigenvalue weighted by molar-refractivity contribution is 7.19. The van der Waals surface area contributed by atoms with Gasteiger partial charge < -0.3 is 26.7 Å². The van der Waals surface area contributed by atoms with Crippen LogP contribution in [0, 0.1) is 0 Å². The van der Waals surface area contributed by atoms with Gasteiger partial charge >= 0.3 is 0 Å². The Labute approximate surface area is 123 Å². The Morgan fingerprint density at radius 2 is 2.00 bits per heavy atom. The molecule has 0 radical (unpaired) electrons. The highest BCUT2D eigenvalue weighted by atomic mass is 32.1. The lowest BCUT2D eigenvalue weighted by atomic mass is 10.2. The second kappa shape index (κ2) is 4.74. The minimum Gasteiger partial charge on any atom is -0.397 e. The van der Waals surface area contributed by atoms with Gasteiger partial charge in [-0.2, -0.15) is 0 Å². The predicted octanol–water partition coefficient (Wildman–Crippen LogP) is -0.860. The van der Waals surface area contributed by atoms with E-state index in [1.54, 1.807) is 6.33 Å². The molecular weight excluding hydrogens is 294 g/mol. The Morgan fingerprint density at radius 3 is 2.67 bits per heavy atom. The van der Waals surface area contributed by atoms with Crippen molar-refractivity contribution in [1.29, 1.82) is 0 Å². The number of nitrogens with two attached hydrogens (primary N) is 3. The lowest BCUT2D eigenvalue weighted by Gasteiger charge is -2.28. The van der Waals surface area contributed by atoms with Gasteiger partial charge in [-0.25, -0.2) is 0 Å². The number of aromatic nitrogens is 3. The summed E-state index contributed by atoms with van der Waals surface area (Å²) in [5.41, 5.74) is 16.7. The van der Waals surface area contributed by atoms with Crippen LogP contribution in [0.2, 0.25) is 0 Å². The molecule has 0 aliphatic carbocycles. The molecule has 110 valence electrons. The van der Waals surface area contributed by atoms with Gasteiger partial charge in [0.1, 0.15) is 16.2 Å². The Kier molecular flexibility index (Phi) is 3.01. The lowest BCUT2D eigenvalue weighted by molar-refractivity contribution is 0.0999. The van der Waals surface area contributed by atoms with Gasteiger partial charge in [0, 0.05) is 13.1 Å². The zero-order chi connectivity index (χ0) is 15.1. The SMILES string of the molecule is NC(=O)c1sc(N2CCn3cnnc3C2)c(C(N)=O)c1N. The molecule has 6 N–H and O–H groups in total. The second-order valence-corrected chi connectivity index (χ2v) is 5.61. The van der Waals surface area contributed by atoms with Crippen molar-refractivity contribution in [1.82, 2.24) is 14.8 Å². The first kappa shape index (κ1) is 13.4. The van der Waals surface area contributed by atoms with Crippen LogP contribution in [-0.2, 0) is 13.1 Å². The number of nitrogen functional groups attached to an aromatic ring is 1. The Morgan fingerprint density at radius 1 is 1.24 bits per heavy atom. The van der Waals surface area contributed by atoms with Crippen LogP contribution in [0.1, 0.15) is 25.9 Å². The zero-order valence-electron chi connectivity index (χ0n) is 10.9. The summed E-state index contributed by atoms with van der Waals surface area (Å²) in [6.07, 6.45) is 1.65. The van der Waals surface area contributed by atoms with Crippen LogP contribution in [0.5, 0.6) is 0 Å². The average molecular weight is 307 g/mol. The quantitative estimate of drug-likeness (QED) is 0.672. The average Bonchev–Trinajstić information content (AvgIpc) is 3.01. The number of amides is 2. The molecule has 0 saturated carbocycles. The molecule has 0 atom stereocenters. The van der Waals surface area contributed by atoms with Crippen molar-refractivity contribution in [2.24, 2.45) is 11.5 Å². The first-order valence-corrected chi connectivity index (χ1v) is 6.94. The van der Waals surface area contributed by atoms with E-state index >= 15 is 0 Å². The first-order chi connectivity index (χ1) is 9.99. The lowest BCUT2D eigenvalue weighted by Crippen LogP contribution is -2.34. The van der Waals surface area contributed by atoms with Crippen molar-refractivity contribution < 1.29 is 9.59 Å². The van der Waals surface area contributed by atoms with Crippen molar-refractivity contribution in [2.75, 3.05) is 17.2 Å². The molecule has 3 rings (SSSR count). The monoisotopic (exact) mass is 307 g/mol. The van der Waals surface area contributed by atoms with Crippen LogP contribution >= 0.6 is 11.3 Å². The fraction of sp³-hybridized carbons (Fsp3) is 0.273. The van der Waals surface area contributed by atoms with Crippen molar-refractivity contribution in [3.63, 3.8) is 0 Å². The molecule has 3 heterocycles. The Hall–Kier alpha value is -2.62. The van der Waals surface area contributed by atoms with Crippen molar-refractivity contribution in [3.8, 4) is 0 Å². The highest BCUT2D eigenvalue weighted by Gasteiger charge is 2.28. The van der Waals surface area contributed by atoms with Gasteiger partial charge in [-0.15, -0.1) is 21.5 Å². The number of carbonyl (C=O) groups is 2.